The van der Waals surface area contributed by atoms with Crippen LogP contribution in [0.2, 0.25) is 0 Å². The number of aromatic nitrogens is 3. The maximum Gasteiger partial charge on any atom is 0.235 e. The molecule has 9 heteroatoms. The van der Waals surface area contributed by atoms with Crippen LogP contribution in [0.5, 0.6) is 5.75 Å². The van der Waals surface area contributed by atoms with Gasteiger partial charge in [0.15, 0.2) is 17.1 Å². The van der Waals surface area contributed by atoms with Crippen LogP contribution in [-0.2, 0) is 31.1 Å². The summed E-state index contributed by atoms with van der Waals surface area (Å²) >= 11 is 2.85. The van der Waals surface area contributed by atoms with Crippen LogP contribution in [-0.4, -0.2) is 26.4 Å². The smallest absolute Gasteiger partial charge is 0.235 e. The molecule has 1 aliphatic carbocycles. The summed E-state index contributed by atoms with van der Waals surface area (Å²) < 4.78 is 7.88. The summed E-state index contributed by atoms with van der Waals surface area (Å²) in [6, 6.07) is 10.3. The number of fused-ring (bicyclic) bond motifs is 1. The van der Waals surface area contributed by atoms with E-state index in [1.54, 1.807) is 0 Å². The molecule has 0 fully saturated rings. The summed E-state index contributed by atoms with van der Waals surface area (Å²) in [6.45, 7) is 4.05. The Morgan fingerprint density at radius 3 is 2.79 bits per heavy atom. The zero-order valence-electron chi connectivity index (χ0n) is 19.1. The van der Waals surface area contributed by atoms with Crippen molar-refractivity contribution in [3.63, 3.8) is 0 Å². The lowest BCUT2D eigenvalue weighted by atomic mass is 9.96. The second kappa shape index (κ2) is 10.4. The number of thiophene rings is 1. The van der Waals surface area contributed by atoms with Crippen LogP contribution in [0.4, 0.5) is 5.00 Å². The molecule has 0 aliphatic heterocycles. The molecule has 1 aromatic carbocycles. The highest BCUT2D eigenvalue weighted by atomic mass is 32.2. The first-order chi connectivity index (χ1) is 16.0. The molecule has 1 amide bonds. The molecule has 0 bridgehead atoms. The predicted octanol–water partition coefficient (Wildman–Crippen LogP) is 5.06. The number of carbonyl (C=O) groups excluding carboxylic acids is 1. The first kappa shape index (κ1) is 23.3. The number of rotatable bonds is 8. The predicted molar refractivity (Wildman–Crippen MR) is 131 cm³/mol. The van der Waals surface area contributed by atoms with E-state index in [9.17, 15) is 10.1 Å². The minimum absolute atomic E-state index is 0.153. The highest BCUT2D eigenvalue weighted by Crippen LogP contribution is 2.37. The van der Waals surface area contributed by atoms with Crippen molar-refractivity contribution in [2.75, 3.05) is 11.1 Å². The number of hydrogen-bond donors (Lipinski definition) is 1. The average Bonchev–Trinajstić information content (AvgIpc) is 3.37. The Kier molecular flexibility index (Phi) is 7.36. The lowest BCUT2D eigenvalue weighted by molar-refractivity contribution is -0.113. The van der Waals surface area contributed by atoms with Gasteiger partial charge in [-0.3, -0.25) is 4.79 Å². The molecule has 33 heavy (non-hydrogen) atoms. The van der Waals surface area contributed by atoms with E-state index in [1.807, 2.05) is 30.7 Å². The zero-order chi connectivity index (χ0) is 23.4. The lowest BCUT2D eigenvalue weighted by Crippen LogP contribution is -2.15. The van der Waals surface area contributed by atoms with Gasteiger partial charge in [-0.05, 0) is 62.3 Å². The molecule has 0 unspecified atom stereocenters. The molecule has 7 nitrogen and oxygen atoms in total. The number of amides is 1. The van der Waals surface area contributed by atoms with Gasteiger partial charge < -0.3 is 14.6 Å². The standard InChI is InChI=1S/C24H27N5O2S2/c1-4-16-9-11-17(12-10-16)31-15(2)22-27-28-24(29(22)3)32-14-21(30)26-23-19(13-25)18-7-5-6-8-20(18)33-23/h9-12,15H,4-8,14H2,1-3H3,(H,26,30)/t15-/m1/s1. The van der Waals surface area contributed by atoms with Gasteiger partial charge in [-0.15, -0.1) is 21.5 Å². The van der Waals surface area contributed by atoms with Crippen LogP contribution in [0.25, 0.3) is 0 Å². The molecule has 1 aliphatic rings. The Bertz CT molecular complexity index is 1180. The van der Waals surface area contributed by atoms with Gasteiger partial charge >= 0.3 is 0 Å². The fourth-order valence-corrected chi connectivity index (χ4v) is 5.91. The molecule has 0 saturated heterocycles. The number of nitriles is 1. The van der Waals surface area contributed by atoms with Crippen molar-refractivity contribution in [3.8, 4) is 11.8 Å². The summed E-state index contributed by atoms with van der Waals surface area (Å²) in [7, 11) is 1.87. The summed E-state index contributed by atoms with van der Waals surface area (Å²) in [4.78, 5) is 13.8. The summed E-state index contributed by atoms with van der Waals surface area (Å²) in [5, 5.41) is 22.3. The largest absolute Gasteiger partial charge is 0.483 e. The van der Waals surface area contributed by atoms with Gasteiger partial charge in [0.05, 0.1) is 11.3 Å². The molecule has 0 spiro atoms. The first-order valence-corrected chi connectivity index (χ1v) is 12.9. The Labute approximate surface area is 202 Å². The van der Waals surface area contributed by atoms with Crippen molar-refractivity contribution in [2.24, 2.45) is 7.05 Å². The van der Waals surface area contributed by atoms with E-state index in [-0.39, 0.29) is 17.8 Å². The molecule has 1 N–H and O–H groups in total. The zero-order valence-corrected chi connectivity index (χ0v) is 20.7. The van der Waals surface area contributed by atoms with Gasteiger partial charge in [-0.25, -0.2) is 0 Å². The second-order valence-electron chi connectivity index (χ2n) is 8.02. The van der Waals surface area contributed by atoms with E-state index < -0.39 is 0 Å². The number of hydrogen-bond acceptors (Lipinski definition) is 7. The van der Waals surface area contributed by atoms with Crippen molar-refractivity contribution >= 4 is 34.0 Å². The fourth-order valence-electron chi connectivity index (χ4n) is 3.93. The van der Waals surface area contributed by atoms with Gasteiger partial charge in [0.1, 0.15) is 16.8 Å². The molecule has 0 radical (unpaired) electrons. The molecule has 2 heterocycles. The maximum absolute atomic E-state index is 12.6. The number of carbonyl (C=O) groups is 1. The number of aryl methyl sites for hydroxylation is 2. The van der Waals surface area contributed by atoms with E-state index in [0.717, 1.165) is 43.4 Å². The number of thioether (sulfide) groups is 1. The normalized spacial score (nSPS) is 13.8. The second-order valence-corrected chi connectivity index (χ2v) is 10.1. The van der Waals surface area contributed by atoms with Crippen LogP contribution >= 0.6 is 23.1 Å². The molecular formula is C24H27N5O2S2. The van der Waals surface area contributed by atoms with Crippen LogP contribution in [0.15, 0.2) is 29.4 Å². The Morgan fingerprint density at radius 2 is 2.06 bits per heavy atom. The number of anilines is 1. The number of benzene rings is 1. The molecular weight excluding hydrogens is 454 g/mol. The van der Waals surface area contributed by atoms with Crippen LogP contribution in [0, 0.1) is 11.3 Å². The quantitative estimate of drug-likeness (QED) is 0.452. The molecule has 3 aromatic rings. The monoisotopic (exact) mass is 481 g/mol. The molecule has 172 valence electrons. The maximum atomic E-state index is 12.6. The minimum Gasteiger partial charge on any atom is -0.483 e. The van der Waals surface area contributed by atoms with Gasteiger partial charge in [0.25, 0.3) is 0 Å². The highest BCUT2D eigenvalue weighted by Gasteiger charge is 2.22. The summed E-state index contributed by atoms with van der Waals surface area (Å²) in [6.07, 6.45) is 4.85. The van der Waals surface area contributed by atoms with Crippen LogP contribution in [0.3, 0.4) is 0 Å². The van der Waals surface area contributed by atoms with Crippen molar-refractivity contribution in [2.45, 2.75) is 57.2 Å². The summed E-state index contributed by atoms with van der Waals surface area (Å²) in [5.41, 5.74) is 3.01. The molecule has 2 aromatic heterocycles. The topological polar surface area (TPSA) is 92.8 Å². The van der Waals surface area contributed by atoms with Gasteiger partial charge in [-0.2, -0.15) is 5.26 Å². The Morgan fingerprint density at radius 1 is 1.30 bits per heavy atom. The van der Waals surface area contributed by atoms with Crippen molar-refractivity contribution in [1.82, 2.24) is 14.8 Å². The Hall–Kier alpha value is -2.83. The van der Waals surface area contributed by atoms with Crippen LogP contribution in [0.1, 0.15) is 60.2 Å². The third-order valence-electron chi connectivity index (χ3n) is 5.75. The number of nitrogens with one attached hydrogen (secondary N) is 1. The van der Waals surface area contributed by atoms with Crippen molar-refractivity contribution < 1.29 is 9.53 Å². The number of ether oxygens (including phenoxy) is 1. The fraction of sp³-hybridized carbons (Fsp3) is 0.417. The van der Waals surface area contributed by atoms with E-state index in [1.165, 1.54) is 33.5 Å². The SMILES string of the molecule is CCc1ccc(O[C@H](C)c2nnc(SCC(=O)Nc3sc4c(c3C#N)CCCC4)n2C)cc1. The lowest BCUT2D eigenvalue weighted by Gasteiger charge is -2.14. The minimum atomic E-state index is -0.284. The van der Waals surface area contributed by atoms with Crippen LogP contribution < -0.4 is 10.1 Å². The molecule has 0 saturated carbocycles. The van der Waals surface area contributed by atoms with E-state index in [0.29, 0.717) is 21.5 Å². The van der Waals surface area contributed by atoms with E-state index in [2.05, 4.69) is 40.6 Å². The van der Waals surface area contributed by atoms with E-state index in [4.69, 9.17) is 4.74 Å². The first-order valence-electron chi connectivity index (χ1n) is 11.1. The van der Waals surface area contributed by atoms with E-state index >= 15 is 0 Å². The summed E-state index contributed by atoms with van der Waals surface area (Å²) in [5.74, 6) is 1.51. The average molecular weight is 482 g/mol. The third kappa shape index (κ3) is 5.23. The van der Waals surface area contributed by atoms with Crippen molar-refractivity contribution in [3.05, 3.63) is 51.7 Å². The molecule has 4 rings (SSSR count). The third-order valence-corrected chi connectivity index (χ3v) is 7.97. The van der Waals surface area contributed by atoms with Crippen molar-refractivity contribution in [1.29, 1.82) is 5.26 Å². The van der Waals surface area contributed by atoms with Gasteiger partial charge in [-0.1, -0.05) is 30.8 Å². The van der Waals surface area contributed by atoms with Gasteiger partial charge in [0, 0.05) is 11.9 Å². The van der Waals surface area contributed by atoms with Gasteiger partial charge in [0.2, 0.25) is 5.91 Å². The number of nitrogens with zero attached hydrogens (tertiary/aromatic N) is 4. The highest BCUT2D eigenvalue weighted by molar-refractivity contribution is 7.99. The molecule has 1 atom stereocenters. The Balaban J connectivity index is 1.36.